The van der Waals surface area contributed by atoms with E-state index in [9.17, 15) is 19.7 Å². The highest BCUT2D eigenvalue weighted by Crippen LogP contribution is 2.52. The lowest BCUT2D eigenvalue weighted by molar-refractivity contribution is -0.485. The highest BCUT2D eigenvalue weighted by molar-refractivity contribution is 6.08. The van der Waals surface area contributed by atoms with Crippen molar-refractivity contribution < 1.29 is 14.5 Å². The molecule has 0 saturated carbocycles. The van der Waals surface area contributed by atoms with Crippen LogP contribution < -0.4 is 15.2 Å². The number of nitro groups is 1. The highest BCUT2D eigenvalue weighted by atomic mass is 16.6. The number of carbonyl (C=O) groups is 1. The van der Waals surface area contributed by atoms with E-state index in [2.05, 4.69) is 5.10 Å². The predicted octanol–water partition coefficient (Wildman–Crippen LogP) is 3.54. The molecule has 0 saturated heterocycles. The maximum atomic E-state index is 14.6. The minimum Gasteiger partial charge on any atom is -0.496 e. The van der Waals surface area contributed by atoms with Crippen LogP contribution in [0.5, 0.6) is 5.75 Å². The molecule has 1 amide bonds. The molecule has 36 heavy (non-hydrogen) atoms. The third-order valence-electron chi connectivity index (χ3n) is 6.70. The monoisotopic (exact) mass is 484 g/mol. The number of carbonyl (C=O) groups excluding carboxylic acids is 1. The van der Waals surface area contributed by atoms with E-state index in [1.54, 1.807) is 41.3 Å². The molecule has 1 aromatic heterocycles. The van der Waals surface area contributed by atoms with Crippen LogP contribution in [0.25, 0.3) is 0 Å². The standard InChI is InChI=1S/C27H24N4O5/c1-36-24-14-8-5-11-20(24)22(18-31(34)35)27(30-16-15-25(32)28-30)21-12-6-7-13-23(21)29(26(27)33)17-19-9-3-2-4-10-19/h2-16,22H,17-18H2,1H3,(H,28,32)/t22-,27+/m0/s1. The number of nitrogens with zero attached hydrogens (tertiary/aromatic N) is 3. The van der Waals surface area contributed by atoms with Crippen molar-refractivity contribution in [3.05, 3.63) is 128 Å². The number of aromatic nitrogens is 2. The molecule has 9 heteroatoms. The Labute approximate surface area is 206 Å². The number of rotatable bonds is 8. The molecule has 2 atom stereocenters. The molecule has 2 heterocycles. The average Bonchev–Trinajstić information content (AvgIpc) is 3.43. The van der Waals surface area contributed by atoms with Gasteiger partial charge in [0, 0.05) is 28.3 Å². The summed E-state index contributed by atoms with van der Waals surface area (Å²) in [7, 11) is 1.48. The number of hydrogen-bond donors (Lipinski definition) is 1. The largest absolute Gasteiger partial charge is 0.496 e. The van der Waals surface area contributed by atoms with Crippen molar-refractivity contribution in [1.82, 2.24) is 9.78 Å². The number of aromatic amines is 1. The first-order chi connectivity index (χ1) is 17.5. The molecule has 4 aromatic rings. The lowest BCUT2D eigenvalue weighted by atomic mass is 9.74. The summed E-state index contributed by atoms with van der Waals surface area (Å²) in [4.78, 5) is 40.2. The zero-order valence-corrected chi connectivity index (χ0v) is 19.5. The molecule has 0 bridgehead atoms. The predicted molar refractivity (Wildman–Crippen MR) is 134 cm³/mol. The van der Waals surface area contributed by atoms with Crippen LogP contribution in [0.3, 0.4) is 0 Å². The molecule has 0 spiro atoms. The Kier molecular flexibility index (Phi) is 5.89. The van der Waals surface area contributed by atoms with E-state index < -0.39 is 28.5 Å². The second-order valence-electron chi connectivity index (χ2n) is 8.63. The molecule has 0 fully saturated rings. The molecule has 0 unspecified atom stereocenters. The third-order valence-corrected chi connectivity index (χ3v) is 6.70. The Balaban J connectivity index is 1.81. The van der Waals surface area contributed by atoms with Crippen molar-refractivity contribution in [2.75, 3.05) is 18.6 Å². The SMILES string of the molecule is COc1ccccc1[C@H](C[N+](=O)[O-])[C@@]1(n2ccc(=O)[nH]2)C(=O)N(Cc2ccccc2)c2ccccc21. The van der Waals surface area contributed by atoms with Gasteiger partial charge < -0.3 is 9.64 Å². The number of nitrogens with one attached hydrogen (secondary N) is 1. The molecule has 182 valence electrons. The van der Waals surface area contributed by atoms with Gasteiger partial charge in [-0.2, -0.15) is 0 Å². The molecule has 0 radical (unpaired) electrons. The van der Waals surface area contributed by atoms with Gasteiger partial charge in [-0.05, 0) is 17.7 Å². The van der Waals surface area contributed by atoms with E-state index in [0.29, 0.717) is 22.6 Å². The van der Waals surface area contributed by atoms with Gasteiger partial charge in [0.2, 0.25) is 6.54 Å². The highest BCUT2D eigenvalue weighted by Gasteiger charge is 2.60. The summed E-state index contributed by atoms with van der Waals surface area (Å²) in [5.41, 5.74) is 0.549. The van der Waals surface area contributed by atoms with Gasteiger partial charge in [0.05, 0.1) is 25.3 Å². The van der Waals surface area contributed by atoms with Gasteiger partial charge in [-0.15, -0.1) is 0 Å². The second kappa shape index (κ2) is 9.18. The Morgan fingerprint density at radius 1 is 0.972 bits per heavy atom. The Morgan fingerprint density at radius 2 is 1.67 bits per heavy atom. The van der Waals surface area contributed by atoms with E-state index in [1.807, 2.05) is 42.5 Å². The van der Waals surface area contributed by atoms with Gasteiger partial charge in [0.25, 0.3) is 11.5 Å². The summed E-state index contributed by atoms with van der Waals surface area (Å²) in [6.45, 7) is -0.305. The zero-order valence-electron chi connectivity index (χ0n) is 19.5. The number of H-pyrrole nitrogens is 1. The number of fused-ring (bicyclic) bond motifs is 1. The minimum atomic E-state index is -1.63. The number of hydrogen-bond acceptors (Lipinski definition) is 5. The van der Waals surface area contributed by atoms with Crippen molar-refractivity contribution >= 4 is 11.6 Å². The maximum Gasteiger partial charge on any atom is 0.264 e. The van der Waals surface area contributed by atoms with Gasteiger partial charge in [-0.25, -0.2) is 0 Å². The summed E-state index contributed by atoms with van der Waals surface area (Å²) in [5.74, 6) is -0.955. The number of methoxy groups -OCH3 is 1. The molecule has 3 aromatic carbocycles. The van der Waals surface area contributed by atoms with Crippen LogP contribution in [0.2, 0.25) is 0 Å². The molecule has 1 aliphatic heterocycles. The average molecular weight is 485 g/mol. The van der Waals surface area contributed by atoms with Crippen LogP contribution >= 0.6 is 0 Å². The Hall–Kier alpha value is -4.66. The summed E-state index contributed by atoms with van der Waals surface area (Å²) in [6, 6.07) is 25.0. The fourth-order valence-corrected chi connectivity index (χ4v) is 5.22. The number of anilines is 1. The smallest absolute Gasteiger partial charge is 0.264 e. The van der Waals surface area contributed by atoms with Crippen molar-refractivity contribution in [3.8, 4) is 5.75 Å². The molecular weight excluding hydrogens is 460 g/mol. The first-order valence-corrected chi connectivity index (χ1v) is 11.4. The second-order valence-corrected chi connectivity index (χ2v) is 8.63. The fraction of sp³-hybridized carbons (Fsp3) is 0.185. The van der Waals surface area contributed by atoms with Crippen LogP contribution in [-0.2, 0) is 16.9 Å². The molecule has 1 N–H and O–H groups in total. The minimum absolute atomic E-state index is 0.265. The van der Waals surface area contributed by atoms with Gasteiger partial charge in [0.1, 0.15) is 5.75 Å². The number of benzene rings is 3. The summed E-state index contributed by atoms with van der Waals surface area (Å²) in [5, 5.41) is 14.8. The lowest BCUT2D eigenvalue weighted by Gasteiger charge is -2.36. The van der Waals surface area contributed by atoms with Crippen molar-refractivity contribution in [2.45, 2.75) is 18.0 Å². The zero-order chi connectivity index (χ0) is 25.3. The fourth-order valence-electron chi connectivity index (χ4n) is 5.22. The quantitative estimate of drug-likeness (QED) is 0.304. The van der Waals surface area contributed by atoms with Crippen molar-refractivity contribution in [3.63, 3.8) is 0 Å². The number of amides is 1. The summed E-state index contributed by atoms with van der Waals surface area (Å²) >= 11 is 0. The van der Waals surface area contributed by atoms with Gasteiger partial charge in [-0.1, -0.05) is 66.7 Å². The number of ether oxygens (including phenoxy) is 1. The normalized spacial score (nSPS) is 17.6. The van der Waals surface area contributed by atoms with Gasteiger partial charge >= 0.3 is 0 Å². The first-order valence-electron chi connectivity index (χ1n) is 11.4. The lowest BCUT2D eigenvalue weighted by Crippen LogP contribution is -2.52. The maximum absolute atomic E-state index is 14.6. The van der Waals surface area contributed by atoms with Crippen LogP contribution in [-0.4, -0.2) is 34.3 Å². The Morgan fingerprint density at radius 3 is 2.36 bits per heavy atom. The number of para-hydroxylation sites is 2. The van der Waals surface area contributed by atoms with Crippen molar-refractivity contribution in [1.29, 1.82) is 0 Å². The Bertz CT molecular complexity index is 1480. The van der Waals surface area contributed by atoms with E-state index in [-0.39, 0.29) is 12.5 Å². The van der Waals surface area contributed by atoms with E-state index in [4.69, 9.17) is 4.74 Å². The van der Waals surface area contributed by atoms with E-state index >= 15 is 0 Å². The topological polar surface area (TPSA) is 110 Å². The van der Waals surface area contributed by atoms with Crippen LogP contribution in [0.15, 0.2) is 95.9 Å². The van der Waals surface area contributed by atoms with Crippen LogP contribution in [0.4, 0.5) is 5.69 Å². The summed E-state index contributed by atoms with van der Waals surface area (Å²) in [6.07, 6.45) is 1.48. The van der Waals surface area contributed by atoms with E-state index in [1.165, 1.54) is 24.1 Å². The van der Waals surface area contributed by atoms with Crippen LogP contribution in [0, 0.1) is 10.1 Å². The summed E-state index contributed by atoms with van der Waals surface area (Å²) < 4.78 is 6.99. The van der Waals surface area contributed by atoms with Gasteiger partial charge in [-0.3, -0.25) is 29.5 Å². The van der Waals surface area contributed by atoms with Gasteiger partial charge in [0.15, 0.2) is 5.54 Å². The van der Waals surface area contributed by atoms with Crippen molar-refractivity contribution in [2.24, 2.45) is 0 Å². The first kappa shape index (κ1) is 23.1. The molecule has 5 rings (SSSR count). The van der Waals surface area contributed by atoms with Crippen LogP contribution in [0.1, 0.15) is 22.6 Å². The molecular formula is C27H24N4O5. The third kappa shape index (κ3) is 3.65. The molecule has 9 nitrogen and oxygen atoms in total. The molecule has 1 aliphatic rings. The molecule has 0 aliphatic carbocycles. The van der Waals surface area contributed by atoms with E-state index in [0.717, 1.165) is 5.56 Å².